The van der Waals surface area contributed by atoms with Crippen molar-refractivity contribution in [1.82, 2.24) is 4.98 Å². The molecule has 2 aromatic rings. The smallest absolute Gasteiger partial charge is 0.0903 e. The zero-order chi connectivity index (χ0) is 15.1. The monoisotopic (exact) mass is 285 g/mol. The second-order valence-corrected chi connectivity index (χ2v) is 7.39. The standard InChI is InChI=1S/C19H27NO/c1-4-18(2,3)14-8-11-19(21,12-9-14)16-6-5-7-17-15(16)10-13-20-17/h5-7,10,13-14,20-21H,4,8-9,11-12H2,1-3H3. The Bertz CT molecular complexity index is 617. The van der Waals surface area contributed by atoms with Crippen molar-refractivity contribution in [1.29, 1.82) is 0 Å². The molecule has 1 aliphatic carbocycles. The van der Waals surface area contributed by atoms with Crippen LogP contribution in [-0.2, 0) is 5.60 Å². The number of aromatic nitrogens is 1. The van der Waals surface area contributed by atoms with Crippen LogP contribution in [0.3, 0.4) is 0 Å². The number of benzene rings is 1. The van der Waals surface area contributed by atoms with Gasteiger partial charge in [-0.25, -0.2) is 0 Å². The van der Waals surface area contributed by atoms with Gasteiger partial charge in [-0.05, 0) is 54.7 Å². The highest BCUT2D eigenvalue weighted by atomic mass is 16.3. The molecule has 1 aromatic heterocycles. The van der Waals surface area contributed by atoms with Gasteiger partial charge in [0.15, 0.2) is 0 Å². The van der Waals surface area contributed by atoms with Crippen LogP contribution in [0.2, 0.25) is 0 Å². The first-order valence-electron chi connectivity index (χ1n) is 8.25. The molecule has 21 heavy (non-hydrogen) atoms. The van der Waals surface area contributed by atoms with Gasteiger partial charge in [0.2, 0.25) is 0 Å². The molecule has 1 fully saturated rings. The highest BCUT2D eigenvalue weighted by molar-refractivity contribution is 5.83. The van der Waals surface area contributed by atoms with Gasteiger partial charge in [-0.2, -0.15) is 0 Å². The number of nitrogens with one attached hydrogen (secondary N) is 1. The van der Waals surface area contributed by atoms with Crippen molar-refractivity contribution in [3.63, 3.8) is 0 Å². The summed E-state index contributed by atoms with van der Waals surface area (Å²) in [4.78, 5) is 3.25. The molecule has 0 aliphatic heterocycles. The lowest BCUT2D eigenvalue weighted by molar-refractivity contribution is -0.0317. The molecule has 1 saturated carbocycles. The number of H-pyrrole nitrogens is 1. The quantitative estimate of drug-likeness (QED) is 0.819. The van der Waals surface area contributed by atoms with Crippen LogP contribution in [0.1, 0.15) is 58.4 Å². The molecule has 2 heteroatoms. The summed E-state index contributed by atoms with van der Waals surface area (Å²) < 4.78 is 0. The topological polar surface area (TPSA) is 36.0 Å². The largest absolute Gasteiger partial charge is 0.385 e. The molecule has 1 aliphatic rings. The van der Waals surface area contributed by atoms with Crippen LogP contribution in [0, 0.1) is 11.3 Å². The van der Waals surface area contributed by atoms with Gasteiger partial charge < -0.3 is 10.1 Å². The maximum Gasteiger partial charge on any atom is 0.0903 e. The van der Waals surface area contributed by atoms with E-state index in [-0.39, 0.29) is 0 Å². The third-order valence-corrected chi connectivity index (χ3v) is 5.93. The molecule has 1 heterocycles. The van der Waals surface area contributed by atoms with Crippen LogP contribution < -0.4 is 0 Å². The van der Waals surface area contributed by atoms with E-state index in [4.69, 9.17) is 0 Å². The zero-order valence-electron chi connectivity index (χ0n) is 13.4. The molecule has 0 bridgehead atoms. The first-order valence-corrected chi connectivity index (χ1v) is 8.25. The molecular formula is C19H27NO. The average molecular weight is 285 g/mol. The molecule has 0 saturated heterocycles. The summed E-state index contributed by atoms with van der Waals surface area (Å²) in [6.45, 7) is 7.02. The highest BCUT2D eigenvalue weighted by Gasteiger charge is 2.40. The molecule has 0 radical (unpaired) electrons. The fraction of sp³-hybridized carbons (Fsp3) is 0.579. The molecule has 2 N–H and O–H groups in total. The molecule has 0 unspecified atom stereocenters. The fourth-order valence-electron chi connectivity index (χ4n) is 3.93. The summed E-state index contributed by atoms with van der Waals surface area (Å²) in [5.41, 5.74) is 1.97. The lowest BCUT2D eigenvalue weighted by atomic mass is 9.65. The van der Waals surface area contributed by atoms with Crippen molar-refractivity contribution in [2.45, 2.75) is 58.5 Å². The molecule has 0 atom stereocenters. The van der Waals surface area contributed by atoms with Crippen LogP contribution in [-0.4, -0.2) is 10.1 Å². The Hall–Kier alpha value is -1.28. The van der Waals surface area contributed by atoms with Crippen LogP contribution in [0.5, 0.6) is 0 Å². The van der Waals surface area contributed by atoms with E-state index in [9.17, 15) is 5.11 Å². The number of aliphatic hydroxyl groups is 1. The van der Waals surface area contributed by atoms with E-state index >= 15 is 0 Å². The van der Waals surface area contributed by atoms with Crippen LogP contribution in [0.25, 0.3) is 10.9 Å². The van der Waals surface area contributed by atoms with Gasteiger partial charge in [-0.15, -0.1) is 0 Å². The van der Waals surface area contributed by atoms with Crippen LogP contribution >= 0.6 is 0 Å². The van der Waals surface area contributed by atoms with Gasteiger partial charge in [0, 0.05) is 17.1 Å². The Kier molecular flexibility index (Phi) is 3.61. The Morgan fingerprint density at radius 1 is 1.24 bits per heavy atom. The third kappa shape index (κ3) is 2.50. The molecule has 114 valence electrons. The van der Waals surface area contributed by atoms with Crippen molar-refractivity contribution < 1.29 is 5.11 Å². The second-order valence-electron chi connectivity index (χ2n) is 7.39. The summed E-state index contributed by atoms with van der Waals surface area (Å²) in [5, 5.41) is 12.4. The number of aromatic amines is 1. The lowest BCUT2D eigenvalue weighted by Crippen LogP contribution is -2.36. The Morgan fingerprint density at radius 2 is 1.95 bits per heavy atom. The summed E-state index contributed by atoms with van der Waals surface area (Å²) >= 11 is 0. The predicted octanol–water partition coefficient (Wildman–Crippen LogP) is 4.98. The van der Waals surface area contributed by atoms with Crippen molar-refractivity contribution in [3.05, 3.63) is 36.0 Å². The van der Waals surface area contributed by atoms with Crippen molar-refractivity contribution in [2.24, 2.45) is 11.3 Å². The van der Waals surface area contributed by atoms with Gasteiger partial charge in [0.1, 0.15) is 0 Å². The number of hydrogen-bond donors (Lipinski definition) is 2. The van der Waals surface area contributed by atoms with Crippen molar-refractivity contribution in [2.75, 3.05) is 0 Å². The minimum Gasteiger partial charge on any atom is -0.385 e. The minimum absolute atomic E-state index is 0.390. The van der Waals surface area contributed by atoms with E-state index < -0.39 is 5.60 Å². The van der Waals surface area contributed by atoms with Crippen LogP contribution in [0.15, 0.2) is 30.5 Å². The Morgan fingerprint density at radius 3 is 2.62 bits per heavy atom. The maximum absolute atomic E-state index is 11.2. The number of rotatable bonds is 3. The first kappa shape index (κ1) is 14.6. The Balaban J connectivity index is 1.86. The van der Waals surface area contributed by atoms with E-state index in [0.29, 0.717) is 5.41 Å². The van der Waals surface area contributed by atoms with Crippen molar-refractivity contribution >= 4 is 10.9 Å². The molecule has 1 aromatic carbocycles. The average Bonchev–Trinajstić information content (AvgIpc) is 2.96. The maximum atomic E-state index is 11.2. The first-order chi connectivity index (χ1) is 9.96. The number of fused-ring (bicyclic) bond motifs is 1. The lowest BCUT2D eigenvalue weighted by Gasteiger charge is -2.43. The van der Waals surface area contributed by atoms with E-state index in [1.807, 2.05) is 12.3 Å². The Labute approximate surface area is 127 Å². The summed E-state index contributed by atoms with van der Waals surface area (Å²) in [6, 6.07) is 8.31. The van der Waals surface area contributed by atoms with Gasteiger partial charge in [-0.1, -0.05) is 39.3 Å². The fourth-order valence-corrected chi connectivity index (χ4v) is 3.93. The second kappa shape index (κ2) is 5.17. The highest BCUT2D eigenvalue weighted by Crippen LogP contribution is 2.47. The molecule has 0 amide bonds. The summed E-state index contributed by atoms with van der Waals surface area (Å²) in [5.74, 6) is 0.730. The minimum atomic E-state index is -0.651. The van der Waals surface area contributed by atoms with Gasteiger partial charge in [0.25, 0.3) is 0 Å². The summed E-state index contributed by atoms with van der Waals surface area (Å²) in [7, 11) is 0. The normalized spacial score (nSPS) is 27.1. The number of hydrogen-bond acceptors (Lipinski definition) is 1. The van der Waals surface area contributed by atoms with E-state index in [0.717, 1.165) is 42.7 Å². The zero-order valence-corrected chi connectivity index (χ0v) is 13.4. The molecule has 2 nitrogen and oxygen atoms in total. The molecular weight excluding hydrogens is 258 g/mol. The SMILES string of the molecule is CCC(C)(C)C1CCC(O)(c2cccc3[nH]ccc23)CC1. The van der Waals surface area contributed by atoms with Crippen molar-refractivity contribution in [3.8, 4) is 0 Å². The van der Waals surface area contributed by atoms with Gasteiger partial charge >= 0.3 is 0 Å². The summed E-state index contributed by atoms with van der Waals surface area (Å²) in [6.07, 6.45) is 7.18. The van der Waals surface area contributed by atoms with Gasteiger partial charge in [-0.3, -0.25) is 0 Å². The molecule has 3 rings (SSSR count). The van der Waals surface area contributed by atoms with Crippen LogP contribution in [0.4, 0.5) is 0 Å². The van der Waals surface area contributed by atoms with E-state index in [1.54, 1.807) is 0 Å². The predicted molar refractivity (Wildman–Crippen MR) is 88.2 cm³/mol. The van der Waals surface area contributed by atoms with E-state index in [2.05, 4.69) is 44.0 Å². The van der Waals surface area contributed by atoms with Gasteiger partial charge in [0.05, 0.1) is 5.60 Å². The molecule has 0 spiro atoms. The third-order valence-electron chi connectivity index (χ3n) is 5.93. The van der Waals surface area contributed by atoms with E-state index in [1.165, 1.54) is 11.8 Å².